The number of hydrogen-bond acceptors (Lipinski definition) is 4. The summed E-state index contributed by atoms with van der Waals surface area (Å²) in [5, 5.41) is 10.8. The lowest BCUT2D eigenvalue weighted by Gasteiger charge is -2.32. The van der Waals surface area contributed by atoms with E-state index in [0.29, 0.717) is 12.2 Å². The van der Waals surface area contributed by atoms with Gasteiger partial charge >= 0.3 is 0 Å². The Kier molecular flexibility index (Phi) is 4.37. The molecule has 1 aliphatic carbocycles. The zero-order valence-corrected chi connectivity index (χ0v) is 11.3. The molecule has 0 aliphatic heterocycles. The summed E-state index contributed by atoms with van der Waals surface area (Å²) in [5.74, 6) is 0.792. The van der Waals surface area contributed by atoms with Crippen LogP contribution in [0.25, 0.3) is 0 Å². The molecule has 1 aromatic rings. The van der Waals surface area contributed by atoms with Crippen LogP contribution < -0.4 is 5.73 Å². The van der Waals surface area contributed by atoms with E-state index < -0.39 is 0 Å². The smallest absolute Gasteiger partial charge is 0.269 e. The van der Waals surface area contributed by atoms with E-state index in [2.05, 4.69) is 11.8 Å². The van der Waals surface area contributed by atoms with E-state index in [-0.39, 0.29) is 10.6 Å². The number of benzene rings is 1. The van der Waals surface area contributed by atoms with Crippen molar-refractivity contribution >= 4 is 11.4 Å². The maximum atomic E-state index is 10.8. The highest BCUT2D eigenvalue weighted by molar-refractivity contribution is 5.52. The minimum Gasteiger partial charge on any atom is -0.398 e. The molecule has 0 heterocycles. The molecule has 0 bridgehead atoms. The first-order valence-electron chi connectivity index (χ1n) is 6.85. The van der Waals surface area contributed by atoms with Crippen molar-refractivity contribution in [3.05, 3.63) is 33.9 Å². The summed E-state index contributed by atoms with van der Waals surface area (Å²) in [5.41, 5.74) is 7.53. The predicted octanol–water partition coefficient (Wildman–Crippen LogP) is 2.80. The van der Waals surface area contributed by atoms with Crippen LogP contribution >= 0.6 is 0 Å². The minimum absolute atomic E-state index is 0.115. The van der Waals surface area contributed by atoms with Crippen LogP contribution in [0, 0.1) is 16.0 Å². The van der Waals surface area contributed by atoms with Gasteiger partial charge in [-0.05, 0) is 36.9 Å². The van der Waals surface area contributed by atoms with Crippen LogP contribution in [0.4, 0.5) is 11.4 Å². The van der Waals surface area contributed by atoms with Crippen molar-refractivity contribution in [3.63, 3.8) is 0 Å². The Balaban J connectivity index is 2.06. The molecule has 5 heteroatoms. The molecule has 5 nitrogen and oxygen atoms in total. The topological polar surface area (TPSA) is 72.4 Å². The van der Waals surface area contributed by atoms with Crippen molar-refractivity contribution in [1.29, 1.82) is 0 Å². The van der Waals surface area contributed by atoms with Gasteiger partial charge in [-0.2, -0.15) is 0 Å². The van der Waals surface area contributed by atoms with Gasteiger partial charge in [-0.3, -0.25) is 15.0 Å². The number of nitro groups is 1. The monoisotopic (exact) mass is 263 g/mol. The molecule has 0 aromatic heterocycles. The van der Waals surface area contributed by atoms with Gasteiger partial charge in [-0.15, -0.1) is 0 Å². The second kappa shape index (κ2) is 6.02. The van der Waals surface area contributed by atoms with E-state index in [1.165, 1.54) is 25.3 Å². The summed E-state index contributed by atoms with van der Waals surface area (Å²) in [6, 6.07) is 4.68. The van der Waals surface area contributed by atoms with Gasteiger partial charge in [0.05, 0.1) is 4.92 Å². The number of non-ortho nitro benzene ring substituents is 1. The zero-order chi connectivity index (χ0) is 13.8. The fraction of sp³-hybridized carbons (Fsp3) is 0.571. The molecule has 0 saturated heterocycles. The van der Waals surface area contributed by atoms with Crippen molar-refractivity contribution in [2.24, 2.45) is 5.92 Å². The number of hydrogen-bond donors (Lipinski definition) is 1. The SMILES string of the molecule is CCN(Cc1cc([N+](=O)[O-])ccc1N)CC1CCC1. The standard InChI is InChI=1S/C14H21N3O2/c1-2-16(9-11-4-3-5-11)10-12-8-13(17(18)19)6-7-14(12)15/h6-8,11H,2-5,9-10,15H2,1H3. The normalized spacial score (nSPS) is 15.5. The second-order valence-electron chi connectivity index (χ2n) is 5.26. The Bertz CT molecular complexity index is 458. The van der Waals surface area contributed by atoms with Crippen LogP contribution in [-0.2, 0) is 6.54 Å². The third-order valence-corrected chi connectivity index (χ3v) is 3.92. The fourth-order valence-electron chi connectivity index (χ4n) is 2.43. The molecule has 0 atom stereocenters. The molecule has 2 N–H and O–H groups in total. The molecule has 19 heavy (non-hydrogen) atoms. The maximum Gasteiger partial charge on any atom is 0.269 e. The summed E-state index contributed by atoms with van der Waals surface area (Å²) < 4.78 is 0. The molecule has 0 amide bonds. The first-order valence-corrected chi connectivity index (χ1v) is 6.85. The third-order valence-electron chi connectivity index (χ3n) is 3.92. The minimum atomic E-state index is -0.370. The summed E-state index contributed by atoms with van der Waals surface area (Å²) in [7, 11) is 0. The Morgan fingerprint density at radius 3 is 2.74 bits per heavy atom. The van der Waals surface area contributed by atoms with Crippen LogP contribution in [0.5, 0.6) is 0 Å². The van der Waals surface area contributed by atoms with E-state index in [0.717, 1.165) is 24.6 Å². The Hall–Kier alpha value is -1.62. The fourth-order valence-corrected chi connectivity index (χ4v) is 2.43. The highest BCUT2D eigenvalue weighted by Gasteiger charge is 2.20. The van der Waals surface area contributed by atoms with Crippen molar-refractivity contribution in [2.75, 3.05) is 18.8 Å². The van der Waals surface area contributed by atoms with Crippen LogP contribution in [0.15, 0.2) is 18.2 Å². The van der Waals surface area contributed by atoms with Gasteiger partial charge in [0.25, 0.3) is 5.69 Å². The Morgan fingerprint density at radius 2 is 2.21 bits per heavy atom. The van der Waals surface area contributed by atoms with E-state index in [4.69, 9.17) is 5.73 Å². The highest BCUT2D eigenvalue weighted by Crippen LogP contribution is 2.28. The number of nitrogen functional groups attached to an aromatic ring is 1. The zero-order valence-electron chi connectivity index (χ0n) is 11.3. The Labute approximate surface area is 113 Å². The molecule has 104 valence electrons. The average Bonchev–Trinajstić information content (AvgIpc) is 2.34. The molecule has 2 rings (SSSR count). The van der Waals surface area contributed by atoms with Crippen molar-refractivity contribution in [2.45, 2.75) is 32.7 Å². The molecule has 0 spiro atoms. The van der Waals surface area contributed by atoms with Crippen LogP contribution in [0.2, 0.25) is 0 Å². The maximum absolute atomic E-state index is 10.8. The van der Waals surface area contributed by atoms with Gasteiger partial charge in [0, 0.05) is 30.9 Å². The highest BCUT2D eigenvalue weighted by atomic mass is 16.6. The number of nitrogens with zero attached hydrogens (tertiary/aromatic N) is 2. The second-order valence-corrected chi connectivity index (χ2v) is 5.26. The van der Waals surface area contributed by atoms with E-state index >= 15 is 0 Å². The first-order chi connectivity index (χ1) is 9.10. The van der Waals surface area contributed by atoms with E-state index in [1.54, 1.807) is 12.1 Å². The number of anilines is 1. The van der Waals surface area contributed by atoms with Crippen molar-refractivity contribution in [1.82, 2.24) is 4.90 Å². The molecular formula is C14H21N3O2. The molecule has 1 aromatic carbocycles. The third kappa shape index (κ3) is 3.44. The summed E-state index contributed by atoms with van der Waals surface area (Å²) >= 11 is 0. The van der Waals surface area contributed by atoms with Gasteiger partial charge in [0.15, 0.2) is 0 Å². The number of rotatable bonds is 6. The molecule has 1 saturated carbocycles. The van der Waals surface area contributed by atoms with Gasteiger partial charge in [-0.25, -0.2) is 0 Å². The predicted molar refractivity (Wildman–Crippen MR) is 75.8 cm³/mol. The molecular weight excluding hydrogens is 242 g/mol. The lowest BCUT2D eigenvalue weighted by molar-refractivity contribution is -0.384. The summed E-state index contributed by atoms with van der Waals surface area (Å²) in [6.07, 6.45) is 3.95. The van der Waals surface area contributed by atoms with Crippen LogP contribution in [0.1, 0.15) is 31.7 Å². The van der Waals surface area contributed by atoms with Crippen LogP contribution in [-0.4, -0.2) is 22.9 Å². The summed E-state index contributed by atoms with van der Waals surface area (Å²) in [6.45, 7) is 4.82. The molecule has 0 radical (unpaired) electrons. The van der Waals surface area contributed by atoms with Gasteiger partial charge in [-0.1, -0.05) is 13.3 Å². The van der Waals surface area contributed by atoms with Crippen molar-refractivity contribution in [3.8, 4) is 0 Å². The molecule has 1 aliphatic rings. The molecule has 0 unspecified atom stereocenters. The van der Waals surface area contributed by atoms with E-state index in [9.17, 15) is 10.1 Å². The summed E-state index contributed by atoms with van der Waals surface area (Å²) in [4.78, 5) is 12.8. The number of nitro benzene ring substituents is 1. The Morgan fingerprint density at radius 1 is 1.47 bits per heavy atom. The lowest BCUT2D eigenvalue weighted by Crippen LogP contribution is -2.32. The number of nitrogens with two attached hydrogens (primary N) is 1. The van der Waals surface area contributed by atoms with Gasteiger partial charge < -0.3 is 5.73 Å². The van der Waals surface area contributed by atoms with Gasteiger partial charge in [0.2, 0.25) is 0 Å². The molecule has 1 fully saturated rings. The van der Waals surface area contributed by atoms with Crippen LogP contribution in [0.3, 0.4) is 0 Å². The van der Waals surface area contributed by atoms with Gasteiger partial charge in [0.1, 0.15) is 0 Å². The first kappa shape index (κ1) is 13.8. The average molecular weight is 263 g/mol. The van der Waals surface area contributed by atoms with E-state index in [1.807, 2.05) is 0 Å². The largest absolute Gasteiger partial charge is 0.398 e. The lowest BCUT2D eigenvalue weighted by atomic mass is 9.85. The van der Waals surface area contributed by atoms with Crippen molar-refractivity contribution < 1.29 is 4.92 Å². The quantitative estimate of drug-likeness (QED) is 0.486.